The molecule has 0 radical (unpaired) electrons. The van der Waals surface area contributed by atoms with Crippen molar-refractivity contribution in [3.8, 4) is 0 Å². The summed E-state index contributed by atoms with van der Waals surface area (Å²) in [6, 6.07) is 3.96. The average molecular weight is 381 g/mol. The summed E-state index contributed by atoms with van der Waals surface area (Å²) in [7, 11) is 0. The maximum Gasteiger partial charge on any atom is 0.313 e. The molecule has 2 aliphatic heterocycles. The summed E-state index contributed by atoms with van der Waals surface area (Å²) in [6.07, 6.45) is 3.73. The number of nitrogens with zero attached hydrogens (tertiary/aromatic N) is 2. The molecule has 140 valence electrons. The molecule has 2 atom stereocenters. The van der Waals surface area contributed by atoms with E-state index in [2.05, 4.69) is 4.90 Å². The van der Waals surface area contributed by atoms with E-state index < -0.39 is 17.2 Å². The largest absolute Gasteiger partial charge is 0.481 e. The van der Waals surface area contributed by atoms with Crippen LogP contribution in [0.4, 0.5) is 4.39 Å². The quantitative estimate of drug-likeness (QED) is 0.872. The molecule has 1 aliphatic carbocycles. The van der Waals surface area contributed by atoms with Crippen LogP contribution in [0.3, 0.4) is 0 Å². The third-order valence-corrected chi connectivity index (χ3v) is 6.61. The van der Waals surface area contributed by atoms with Gasteiger partial charge in [0.25, 0.3) is 5.91 Å². The first-order valence-corrected chi connectivity index (χ1v) is 9.47. The van der Waals surface area contributed by atoms with Crippen molar-refractivity contribution in [1.29, 1.82) is 0 Å². The van der Waals surface area contributed by atoms with Gasteiger partial charge in [0.1, 0.15) is 11.2 Å². The number of halogens is 2. The van der Waals surface area contributed by atoms with E-state index in [4.69, 9.17) is 11.6 Å². The molecule has 2 saturated heterocycles. The van der Waals surface area contributed by atoms with Crippen LogP contribution in [0.1, 0.15) is 29.6 Å². The molecule has 4 rings (SSSR count). The fourth-order valence-electron chi connectivity index (χ4n) is 4.62. The second-order valence-electron chi connectivity index (χ2n) is 7.96. The molecule has 3 fully saturated rings. The standard InChI is InChI=1S/C19H22ClFN2O3/c20-15-5-4-13(6-16(15)21)17(24)23-9-14-8-22(7-12-2-1-3-12)10-19(14,11-23)18(25)26/h4-6,12,14H,1-3,7-11H2,(H,25,26)/t14-,19-/m1/s1. The van der Waals surface area contributed by atoms with E-state index in [1.54, 1.807) is 4.90 Å². The first-order valence-electron chi connectivity index (χ1n) is 9.09. The Morgan fingerprint density at radius 2 is 2.04 bits per heavy atom. The molecule has 0 spiro atoms. The Balaban J connectivity index is 1.49. The number of carbonyl (C=O) groups excluding carboxylic acids is 1. The molecule has 7 heteroatoms. The van der Waals surface area contributed by atoms with Crippen molar-refractivity contribution < 1.29 is 19.1 Å². The highest BCUT2D eigenvalue weighted by Gasteiger charge is 2.58. The van der Waals surface area contributed by atoms with Crippen LogP contribution in [0.25, 0.3) is 0 Å². The number of likely N-dealkylation sites (tertiary alicyclic amines) is 2. The Morgan fingerprint density at radius 3 is 2.62 bits per heavy atom. The molecular formula is C19H22ClFN2O3. The van der Waals surface area contributed by atoms with Gasteiger partial charge in [0.2, 0.25) is 0 Å². The predicted octanol–water partition coefficient (Wildman–Crippen LogP) is 2.74. The lowest BCUT2D eigenvalue weighted by Crippen LogP contribution is -2.43. The Hall–Kier alpha value is -1.66. The van der Waals surface area contributed by atoms with Crippen molar-refractivity contribution >= 4 is 23.5 Å². The van der Waals surface area contributed by atoms with Gasteiger partial charge in [0.05, 0.1) is 5.02 Å². The van der Waals surface area contributed by atoms with Crippen LogP contribution in [0, 0.1) is 23.1 Å². The fourth-order valence-corrected chi connectivity index (χ4v) is 4.74. The first-order chi connectivity index (χ1) is 12.4. The van der Waals surface area contributed by atoms with E-state index in [1.807, 2.05) is 0 Å². The zero-order valence-electron chi connectivity index (χ0n) is 14.5. The Labute approximate surface area is 156 Å². The van der Waals surface area contributed by atoms with Gasteiger partial charge in [-0.05, 0) is 37.0 Å². The van der Waals surface area contributed by atoms with E-state index in [0.717, 1.165) is 12.6 Å². The van der Waals surface area contributed by atoms with E-state index in [1.165, 1.54) is 31.4 Å². The van der Waals surface area contributed by atoms with Crippen molar-refractivity contribution in [3.63, 3.8) is 0 Å². The molecule has 0 bridgehead atoms. The number of fused-ring (bicyclic) bond motifs is 1. The molecule has 2 heterocycles. The van der Waals surface area contributed by atoms with Crippen molar-refractivity contribution in [3.05, 3.63) is 34.6 Å². The van der Waals surface area contributed by atoms with Crippen molar-refractivity contribution in [2.45, 2.75) is 19.3 Å². The van der Waals surface area contributed by atoms with Crippen molar-refractivity contribution in [2.24, 2.45) is 17.3 Å². The zero-order chi connectivity index (χ0) is 18.5. The number of benzene rings is 1. The number of carboxylic acids is 1. The van der Waals surface area contributed by atoms with Gasteiger partial charge >= 0.3 is 5.97 Å². The number of aliphatic carboxylic acids is 1. The summed E-state index contributed by atoms with van der Waals surface area (Å²) in [5.41, 5.74) is -0.705. The Morgan fingerprint density at radius 1 is 1.27 bits per heavy atom. The summed E-state index contributed by atoms with van der Waals surface area (Å²) >= 11 is 5.68. The topological polar surface area (TPSA) is 60.9 Å². The van der Waals surface area contributed by atoms with E-state index in [0.29, 0.717) is 25.6 Å². The lowest BCUT2D eigenvalue weighted by atomic mass is 9.81. The van der Waals surface area contributed by atoms with Gasteiger partial charge in [-0.15, -0.1) is 0 Å². The second-order valence-corrected chi connectivity index (χ2v) is 8.37. The smallest absolute Gasteiger partial charge is 0.313 e. The zero-order valence-corrected chi connectivity index (χ0v) is 15.2. The van der Waals surface area contributed by atoms with Gasteiger partial charge in [0, 0.05) is 44.2 Å². The molecule has 1 aromatic rings. The van der Waals surface area contributed by atoms with Crippen LogP contribution in [-0.4, -0.2) is 59.5 Å². The maximum atomic E-state index is 13.7. The highest BCUT2D eigenvalue weighted by Crippen LogP contribution is 2.44. The van der Waals surface area contributed by atoms with E-state index >= 15 is 0 Å². The minimum Gasteiger partial charge on any atom is -0.481 e. The lowest BCUT2D eigenvalue weighted by molar-refractivity contribution is -0.148. The number of rotatable bonds is 4. The SMILES string of the molecule is O=C(c1ccc(Cl)c(F)c1)N1C[C@H]2CN(CC3CCC3)C[C@@]2(C(=O)O)C1. The monoisotopic (exact) mass is 380 g/mol. The summed E-state index contributed by atoms with van der Waals surface area (Å²) in [5, 5.41) is 9.87. The predicted molar refractivity (Wildman–Crippen MR) is 94.7 cm³/mol. The Kier molecular flexibility index (Phi) is 4.43. The summed E-state index contributed by atoms with van der Waals surface area (Å²) < 4.78 is 13.7. The van der Waals surface area contributed by atoms with Crippen LogP contribution in [0.15, 0.2) is 18.2 Å². The number of amides is 1. The van der Waals surface area contributed by atoms with Gasteiger partial charge < -0.3 is 14.9 Å². The minimum absolute atomic E-state index is 0.0338. The number of carbonyl (C=O) groups is 2. The molecule has 1 aromatic carbocycles. The van der Waals surface area contributed by atoms with Gasteiger partial charge in [-0.3, -0.25) is 9.59 Å². The van der Waals surface area contributed by atoms with Crippen molar-refractivity contribution in [1.82, 2.24) is 9.80 Å². The first kappa shape index (κ1) is 17.7. The molecule has 1 saturated carbocycles. The number of hydrogen-bond acceptors (Lipinski definition) is 3. The fraction of sp³-hybridized carbons (Fsp3) is 0.579. The summed E-state index contributed by atoms with van der Waals surface area (Å²) in [4.78, 5) is 28.6. The van der Waals surface area contributed by atoms with Gasteiger partial charge in [-0.2, -0.15) is 0 Å². The molecule has 1 N–H and O–H groups in total. The second kappa shape index (κ2) is 6.50. The molecule has 1 amide bonds. The third-order valence-electron chi connectivity index (χ3n) is 6.30. The Bertz CT molecular complexity index is 754. The maximum absolute atomic E-state index is 13.7. The van der Waals surface area contributed by atoms with Crippen LogP contribution in [-0.2, 0) is 4.79 Å². The average Bonchev–Trinajstić information content (AvgIpc) is 3.08. The highest BCUT2D eigenvalue weighted by molar-refractivity contribution is 6.30. The summed E-state index contributed by atoms with van der Waals surface area (Å²) in [6.45, 7) is 2.74. The van der Waals surface area contributed by atoms with Crippen LogP contribution in [0.5, 0.6) is 0 Å². The molecule has 0 aromatic heterocycles. The normalized spacial score (nSPS) is 28.8. The van der Waals surface area contributed by atoms with Crippen LogP contribution < -0.4 is 0 Å². The molecule has 26 heavy (non-hydrogen) atoms. The van der Waals surface area contributed by atoms with Gasteiger partial charge in [-0.1, -0.05) is 18.0 Å². The molecule has 3 aliphatic rings. The van der Waals surface area contributed by atoms with E-state index in [-0.39, 0.29) is 29.0 Å². The number of carboxylic acid groups (broad SMARTS) is 1. The third kappa shape index (κ3) is 2.89. The van der Waals surface area contributed by atoms with Gasteiger partial charge in [0.15, 0.2) is 0 Å². The lowest BCUT2D eigenvalue weighted by Gasteiger charge is -2.31. The molecule has 5 nitrogen and oxygen atoms in total. The highest BCUT2D eigenvalue weighted by atomic mass is 35.5. The van der Waals surface area contributed by atoms with E-state index in [9.17, 15) is 19.1 Å². The molecule has 0 unspecified atom stereocenters. The van der Waals surface area contributed by atoms with Crippen molar-refractivity contribution in [2.75, 3.05) is 32.7 Å². The minimum atomic E-state index is -0.912. The summed E-state index contributed by atoms with van der Waals surface area (Å²) in [5.74, 6) is -1.20. The number of hydrogen-bond donors (Lipinski definition) is 1. The molecular weight excluding hydrogens is 359 g/mol. The van der Waals surface area contributed by atoms with Gasteiger partial charge in [-0.25, -0.2) is 4.39 Å². The van der Waals surface area contributed by atoms with Crippen LogP contribution in [0.2, 0.25) is 5.02 Å². The van der Waals surface area contributed by atoms with Crippen LogP contribution >= 0.6 is 11.6 Å².